The number of allylic oxidation sites excluding steroid dienone is 3. The summed E-state index contributed by atoms with van der Waals surface area (Å²) in [5.41, 5.74) is 0.822. The van der Waals surface area contributed by atoms with Crippen LogP contribution >= 0.6 is 24.0 Å². The number of nitrogens with zero attached hydrogens (tertiary/aromatic N) is 2. The fourth-order valence-corrected chi connectivity index (χ4v) is 2.48. The van der Waals surface area contributed by atoms with Gasteiger partial charge in [-0.25, -0.2) is 10.9 Å². The third-order valence-electron chi connectivity index (χ3n) is 2.09. The van der Waals surface area contributed by atoms with Crippen LogP contribution in [0, 0.1) is 0 Å². The number of carbonyl (C=O) groups excluding carboxylic acids is 1. The topological polar surface area (TPSA) is 49.6 Å². The van der Waals surface area contributed by atoms with E-state index >= 15 is 0 Å². The van der Waals surface area contributed by atoms with E-state index in [1.807, 2.05) is 36.4 Å². The van der Waals surface area contributed by atoms with E-state index < -0.39 is 0 Å². The summed E-state index contributed by atoms with van der Waals surface area (Å²) in [4.78, 5) is 14.1. The van der Waals surface area contributed by atoms with Gasteiger partial charge in [-0.2, -0.15) is 0 Å². The van der Waals surface area contributed by atoms with Crippen molar-refractivity contribution in [2.45, 2.75) is 0 Å². The molecule has 0 saturated carbocycles. The van der Waals surface area contributed by atoms with Crippen LogP contribution in [0.3, 0.4) is 0 Å². The summed E-state index contributed by atoms with van der Waals surface area (Å²) >= 11 is 6.18. The minimum atomic E-state index is -0.244. The minimum absolute atomic E-state index is 0.244. The Bertz CT molecular complexity index is 425. The van der Waals surface area contributed by atoms with Gasteiger partial charge in [-0.1, -0.05) is 30.1 Å². The standard InChI is InChI=1S/C9H9N3OS2/c1-11-5-3-2-4-6(11)7-8(13)12(10)9(14)15-7/h2-5H,10H2,1H3. The van der Waals surface area contributed by atoms with Crippen molar-refractivity contribution in [3.63, 3.8) is 0 Å². The molecule has 1 saturated heterocycles. The Labute approximate surface area is 97.1 Å². The van der Waals surface area contributed by atoms with Gasteiger partial charge in [0.05, 0.1) is 5.70 Å². The van der Waals surface area contributed by atoms with Crippen molar-refractivity contribution in [2.75, 3.05) is 7.05 Å². The number of rotatable bonds is 0. The second-order valence-corrected chi connectivity index (χ2v) is 4.71. The zero-order valence-electron chi connectivity index (χ0n) is 8.01. The van der Waals surface area contributed by atoms with Gasteiger partial charge in [0.2, 0.25) is 0 Å². The first-order chi connectivity index (χ1) is 7.11. The van der Waals surface area contributed by atoms with E-state index in [9.17, 15) is 4.79 Å². The molecule has 0 aromatic carbocycles. The van der Waals surface area contributed by atoms with E-state index in [0.29, 0.717) is 9.23 Å². The largest absolute Gasteiger partial charge is 0.350 e. The van der Waals surface area contributed by atoms with E-state index in [4.69, 9.17) is 18.1 Å². The molecule has 1 amide bonds. The highest BCUT2D eigenvalue weighted by molar-refractivity contribution is 8.26. The lowest BCUT2D eigenvalue weighted by Crippen LogP contribution is -2.35. The third kappa shape index (κ3) is 1.71. The summed E-state index contributed by atoms with van der Waals surface area (Å²) in [5, 5.41) is 1.00. The van der Waals surface area contributed by atoms with Crippen molar-refractivity contribution in [3.8, 4) is 0 Å². The Kier molecular flexibility index (Phi) is 2.64. The highest BCUT2D eigenvalue weighted by Gasteiger charge is 2.32. The molecule has 0 radical (unpaired) electrons. The number of thiocarbonyl (C=S) groups is 1. The Hall–Kier alpha value is -1.11. The van der Waals surface area contributed by atoms with Crippen molar-refractivity contribution < 1.29 is 4.79 Å². The van der Waals surface area contributed by atoms with E-state index in [-0.39, 0.29) is 5.91 Å². The zero-order chi connectivity index (χ0) is 11.0. The first kappa shape index (κ1) is 10.4. The molecule has 4 nitrogen and oxygen atoms in total. The van der Waals surface area contributed by atoms with Crippen molar-refractivity contribution in [1.82, 2.24) is 9.91 Å². The second kappa shape index (κ2) is 3.80. The molecule has 0 spiro atoms. The van der Waals surface area contributed by atoms with Gasteiger partial charge in [0.25, 0.3) is 5.91 Å². The van der Waals surface area contributed by atoms with Crippen LogP contribution in [0.5, 0.6) is 0 Å². The number of hydrazine groups is 1. The summed E-state index contributed by atoms with van der Waals surface area (Å²) < 4.78 is 0.388. The number of thioether (sulfide) groups is 1. The number of hydrogen-bond donors (Lipinski definition) is 1. The Morgan fingerprint density at radius 3 is 2.73 bits per heavy atom. The minimum Gasteiger partial charge on any atom is -0.350 e. The molecular weight excluding hydrogens is 230 g/mol. The molecule has 2 heterocycles. The summed E-state index contributed by atoms with van der Waals surface area (Å²) in [6.45, 7) is 0. The normalized spacial score (nSPS) is 25.7. The summed E-state index contributed by atoms with van der Waals surface area (Å²) in [7, 11) is 1.87. The molecule has 15 heavy (non-hydrogen) atoms. The van der Waals surface area contributed by atoms with E-state index in [0.717, 1.165) is 10.7 Å². The van der Waals surface area contributed by atoms with Gasteiger partial charge in [-0.3, -0.25) is 4.79 Å². The van der Waals surface area contributed by atoms with E-state index in [1.165, 1.54) is 11.8 Å². The molecule has 2 aliphatic heterocycles. The molecule has 0 unspecified atom stereocenters. The smallest absolute Gasteiger partial charge is 0.282 e. The molecule has 0 aromatic heterocycles. The van der Waals surface area contributed by atoms with Crippen molar-refractivity contribution in [2.24, 2.45) is 5.84 Å². The first-order valence-electron chi connectivity index (χ1n) is 4.24. The molecule has 1 fully saturated rings. The molecule has 0 aromatic rings. The first-order valence-corrected chi connectivity index (χ1v) is 5.46. The molecule has 2 rings (SSSR count). The lowest BCUT2D eigenvalue weighted by atomic mass is 10.2. The molecule has 2 aliphatic rings. The average Bonchev–Trinajstić information content (AvgIpc) is 2.47. The molecule has 0 atom stereocenters. The van der Waals surface area contributed by atoms with Gasteiger partial charge in [0.15, 0.2) is 4.32 Å². The molecule has 78 valence electrons. The molecule has 2 N–H and O–H groups in total. The molecule has 0 aliphatic carbocycles. The number of amides is 1. The maximum absolute atomic E-state index is 11.7. The number of hydrogen-bond acceptors (Lipinski definition) is 5. The average molecular weight is 239 g/mol. The van der Waals surface area contributed by atoms with Crippen LogP contribution in [0.1, 0.15) is 0 Å². The van der Waals surface area contributed by atoms with Gasteiger partial charge >= 0.3 is 0 Å². The summed E-state index contributed by atoms with van der Waals surface area (Å²) in [6.07, 6.45) is 7.51. The highest BCUT2D eigenvalue weighted by atomic mass is 32.2. The number of likely N-dealkylation sites (N-methyl/N-ethyl adjacent to an activating group) is 1. The predicted octanol–water partition coefficient (Wildman–Crippen LogP) is 0.947. The van der Waals surface area contributed by atoms with Gasteiger partial charge in [-0.15, -0.1) is 0 Å². The van der Waals surface area contributed by atoms with Gasteiger partial charge in [0, 0.05) is 13.2 Å². The zero-order valence-corrected chi connectivity index (χ0v) is 9.64. The monoisotopic (exact) mass is 239 g/mol. The fourth-order valence-electron chi connectivity index (χ4n) is 1.29. The highest BCUT2D eigenvalue weighted by Crippen LogP contribution is 2.33. The Morgan fingerprint density at radius 2 is 2.20 bits per heavy atom. The van der Waals surface area contributed by atoms with Gasteiger partial charge in [0.1, 0.15) is 4.91 Å². The maximum Gasteiger partial charge on any atom is 0.282 e. The van der Waals surface area contributed by atoms with Crippen molar-refractivity contribution >= 4 is 34.2 Å². The van der Waals surface area contributed by atoms with Crippen LogP contribution in [0.4, 0.5) is 0 Å². The van der Waals surface area contributed by atoms with Crippen LogP contribution in [-0.4, -0.2) is 27.2 Å². The summed E-state index contributed by atoms with van der Waals surface area (Å²) in [5.74, 6) is 5.25. The SMILES string of the molecule is CN1C=CC=CC1=C1SC(=S)N(N)C1=O. The third-order valence-corrected chi connectivity index (χ3v) is 3.49. The van der Waals surface area contributed by atoms with Crippen molar-refractivity contribution in [1.29, 1.82) is 0 Å². The Balaban J connectivity index is 2.42. The lowest BCUT2D eigenvalue weighted by Gasteiger charge is -2.19. The quantitative estimate of drug-likeness (QED) is 0.295. The Morgan fingerprint density at radius 1 is 1.47 bits per heavy atom. The van der Waals surface area contributed by atoms with Crippen LogP contribution in [0.2, 0.25) is 0 Å². The van der Waals surface area contributed by atoms with Crippen molar-refractivity contribution in [3.05, 3.63) is 35.0 Å². The second-order valence-electron chi connectivity index (χ2n) is 3.07. The van der Waals surface area contributed by atoms with Crippen LogP contribution in [0.15, 0.2) is 35.0 Å². The van der Waals surface area contributed by atoms with Gasteiger partial charge in [-0.05, 0) is 12.2 Å². The molecule has 0 bridgehead atoms. The lowest BCUT2D eigenvalue weighted by molar-refractivity contribution is -0.122. The van der Waals surface area contributed by atoms with Crippen LogP contribution in [0.25, 0.3) is 0 Å². The number of carbonyl (C=O) groups is 1. The van der Waals surface area contributed by atoms with E-state index in [1.54, 1.807) is 0 Å². The van der Waals surface area contributed by atoms with E-state index in [2.05, 4.69) is 0 Å². The summed E-state index contributed by atoms with van der Waals surface area (Å²) in [6, 6.07) is 0. The maximum atomic E-state index is 11.7. The van der Waals surface area contributed by atoms with Gasteiger partial charge < -0.3 is 4.90 Å². The fraction of sp³-hybridized carbons (Fsp3) is 0.111. The van der Waals surface area contributed by atoms with Crippen LogP contribution < -0.4 is 5.84 Å². The number of nitrogens with two attached hydrogens (primary N) is 1. The van der Waals surface area contributed by atoms with Crippen LogP contribution in [-0.2, 0) is 4.79 Å². The predicted molar refractivity (Wildman–Crippen MR) is 64.3 cm³/mol. The molecule has 6 heteroatoms. The molecular formula is C9H9N3OS2.